The minimum Gasteiger partial charge on any atom is -0.465 e. The number of halogens is 4. The van der Waals surface area contributed by atoms with Gasteiger partial charge in [-0.3, -0.25) is 0 Å². The Morgan fingerprint density at radius 1 is 1.23 bits per heavy atom. The van der Waals surface area contributed by atoms with Crippen LogP contribution >= 0.6 is 0 Å². The number of carbonyl (C=O) groups is 1. The van der Waals surface area contributed by atoms with Crippen LogP contribution in [0.2, 0.25) is 0 Å². The second kappa shape index (κ2) is 7.78. The van der Waals surface area contributed by atoms with Crippen molar-refractivity contribution >= 4 is 16.1 Å². The summed E-state index contributed by atoms with van der Waals surface area (Å²) in [7, 11) is -4.55. The highest BCUT2D eigenvalue weighted by molar-refractivity contribution is 7.89. The molecule has 1 rings (SSSR count). The van der Waals surface area contributed by atoms with Gasteiger partial charge in [0, 0.05) is 18.6 Å². The normalized spacial score (nSPS) is 12.9. The Kier molecular flexibility index (Phi) is 6.64. The highest BCUT2D eigenvalue weighted by Crippen LogP contribution is 2.34. The van der Waals surface area contributed by atoms with E-state index >= 15 is 0 Å². The number of rotatable bonds is 6. The van der Waals surface area contributed by atoms with E-state index in [0.29, 0.717) is 12.1 Å². The van der Waals surface area contributed by atoms with Crippen molar-refractivity contribution in [1.29, 1.82) is 0 Å². The van der Waals surface area contributed by atoms with Crippen molar-refractivity contribution < 1.29 is 35.9 Å². The van der Waals surface area contributed by atoms with Crippen molar-refractivity contribution in [3.8, 4) is 0 Å². The van der Waals surface area contributed by atoms with Crippen LogP contribution in [0.15, 0.2) is 23.1 Å². The summed E-state index contributed by atoms with van der Waals surface area (Å²) in [5.41, 5.74) is -2.32. The lowest BCUT2D eigenvalue weighted by atomic mass is 10.1. The number of alkyl halides is 3. The van der Waals surface area contributed by atoms with Gasteiger partial charge in [-0.2, -0.15) is 13.2 Å². The number of carboxylic acid groups (broad SMARTS) is 1. The molecule has 2 N–H and O–H groups in total. The molecule has 0 atom stereocenters. The molecule has 0 saturated heterocycles. The standard InChI is InChI=1S/C15H20F4N2O4S/c1-14(2,3)21(13(22)23)8-4-7-20-26(24,25)12-6-5-10(16)9-11(12)15(17,18)19/h5-6,9,20H,4,7-8H2,1-3H3,(H,22,23). The van der Waals surface area contributed by atoms with E-state index in [0.717, 1.165) is 4.90 Å². The minimum atomic E-state index is -5.04. The predicted octanol–water partition coefficient (Wildman–Crippen LogP) is 3.29. The molecule has 0 fully saturated rings. The molecule has 148 valence electrons. The van der Waals surface area contributed by atoms with Crippen LogP contribution in [0, 0.1) is 5.82 Å². The van der Waals surface area contributed by atoms with Crippen LogP contribution in [0.1, 0.15) is 32.8 Å². The summed E-state index contributed by atoms with van der Waals surface area (Å²) < 4.78 is 78.1. The summed E-state index contributed by atoms with van der Waals surface area (Å²) in [6, 6.07) is 1.27. The van der Waals surface area contributed by atoms with Gasteiger partial charge >= 0.3 is 12.3 Å². The van der Waals surface area contributed by atoms with E-state index in [2.05, 4.69) is 0 Å². The molecule has 1 amide bonds. The lowest BCUT2D eigenvalue weighted by Crippen LogP contribution is -2.46. The quantitative estimate of drug-likeness (QED) is 0.567. The van der Waals surface area contributed by atoms with E-state index in [4.69, 9.17) is 5.11 Å². The number of hydrogen-bond acceptors (Lipinski definition) is 3. The molecule has 1 aromatic carbocycles. The first kappa shape index (κ1) is 22.2. The van der Waals surface area contributed by atoms with Crippen LogP contribution < -0.4 is 4.72 Å². The van der Waals surface area contributed by atoms with Crippen molar-refractivity contribution in [2.45, 2.75) is 43.8 Å². The summed E-state index contributed by atoms with van der Waals surface area (Å²) in [5.74, 6) is -1.21. The van der Waals surface area contributed by atoms with Crippen LogP contribution in [0.25, 0.3) is 0 Å². The zero-order valence-electron chi connectivity index (χ0n) is 14.4. The van der Waals surface area contributed by atoms with E-state index in [9.17, 15) is 30.8 Å². The molecular formula is C15H20F4N2O4S. The molecule has 0 aromatic heterocycles. The second-order valence-corrected chi connectivity index (χ2v) is 8.23. The summed E-state index contributed by atoms with van der Waals surface area (Å²) >= 11 is 0. The van der Waals surface area contributed by atoms with Crippen LogP contribution in [0.3, 0.4) is 0 Å². The monoisotopic (exact) mass is 400 g/mol. The number of hydrogen-bond donors (Lipinski definition) is 2. The smallest absolute Gasteiger partial charge is 0.417 e. The molecule has 0 aliphatic rings. The topological polar surface area (TPSA) is 86.7 Å². The molecule has 0 saturated carbocycles. The molecule has 0 radical (unpaired) electrons. The van der Waals surface area contributed by atoms with Gasteiger partial charge in [0.15, 0.2) is 0 Å². The average molecular weight is 400 g/mol. The van der Waals surface area contributed by atoms with Crippen LogP contribution in [-0.2, 0) is 16.2 Å². The molecular weight excluding hydrogens is 380 g/mol. The Morgan fingerprint density at radius 3 is 2.27 bits per heavy atom. The summed E-state index contributed by atoms with van der Waals surface area (Å²) in [6.45, 7) is 4.66. The van der Waals surface area contributed by atoms with Gasteiger partial charge in [0.2, 0.25) is 10.0 Å². The highest BCUT2D eigenvalue weighted by atomic mass is 32.2. The lowest BCUT2D eigenvalue weighted by Gasteiger charge is -2.33. The summed E-state index contributed by atoms with van der Waals surface area (Å²) in [5, 5.41) is 9.12. The van der Waals surface area contributed by atoms with Crippen molar-refractivity contribution in [2.24, 2.45) is 0 Å². The van der Waals surface area contributed by atoms with Gasteiger partial charge in [-0.05, 0) is 45.4 Å². The van der Waals surface area contributed by atoms with E-state index in [1.54, 1.807) is 20.8 Å². The van der Waals surface area contributed by atoms with E-state index < -0.39 is 44.1 Å². The Balaban J connectivity index is 2.88. The Hall–Kier alpha value is -1.88. The molecule has 11 heteroatoms. The molecule has 0 bridgehead atoms. The van der Waals surface area contributed by atoms with Crippen LogP contribution in [-0.4, -0.2) is 43.1 Å². The Morgan fingerprint density at radius 2 is 1.81 bits per heavy atom. The Labute approximate surface area is 148 Å². The van der Waals surface area contributed by atoms with Crippen LogP contribution in [0.4, 0.5) is 22.4 Å². The van der Waals surface area contributed by atoms with Crippen LogP contribution in [0.5, 0.6) is 0 Å². The maximum Gasteiger partial charge on any atom is 0.417 e. The maximum atomic E-state index is 13.1. The van der Waals surface area contributed by atoms with Gasteiger partial charge in [0.1, 0.15) is 5.82 Å². The van der Waals surface area contributed by atoms with E-state index in [1.165, 1.54) is 0 Å². The number of nitrogens with one attached hydrogen (secondary N) is 1. The molecule has 26 heavy (non-hydrogen) atoms. The van der Waals surface area contributed by atoms with Gasteiger partial charge in [0.05, 0.1) is 10.5 Å². The number of nitrogens with zero attached hydrogens (tertiary/aromatic N) is 1. The fourth-order valence-electron chi connectivity index (χ4n) is 2.20. The Bertz CT molecular complexity index is 758. The molecule has 0 aliphatic heterocycles. The maximum absolute atomic E-state index is 13.1. The third kappa shape index (κ3) is 5.84. The summed E-state index contributed by atoms with van der Waals surface area (Å²) in [4.78, 5) is 11.2. The first-order valence-corrected chi connectivity index (χ1v) is 9.01. The van der Waals surface area contributed by atoms with Gasteiger partial charge in [-0.1, -0.05) is 0 Å². The number of benzene rings is 1. The highest BCUT2D eigenvalue weighted by Gasteiger charge is 2.37. The SMILES string of the molecule is CC(C)(C)N(CCCNS(=O)(=O)c1ccc(F)cc1C(F)(F)F)C(=O)O. The van der Waals surface area contributed by atoms with Crippen molar-refractivity contribution in [3.63, 3.8) is 0 Å². The fraction of sp³-hybridized carbons (Fsp3) is 0.533. The van der Waals surface area contributed by atoms with Gasteiger partial charge in [0.25, 0.3) is 0 Å². The van der Waals surface area contributed by atoms with E-state index in [-0.39, 0.29) is 25.6 Å². The summed E-state index contributed by atoms with van der Waals surface area (Å²) in [6.07, 6.45) is -6.19. The average Bonchev–Trinajstić information content (AvgIpc) is 2.43. The third-order valence-corrected chi connectivity index (χ3v) is 4.95. The van der Waals surface area contributed by atoms with Gasteiger partial charge in [-0.15, -0.1) is 0 Å². The van der Waals surface area contributed by atoms with Crippen molar-refractivity contribution in [3.05, 3.63) is 29.6 Å². The second-order valence-electron chi connectivity index (χ2n) is 6.49. The first-order valence-electron chi connectivity index (χ1n) is 7.53. The van der Waals surface area contributed by atoms with Gasteiger partial charge < -0.3 is 10.0 Å². The minimum absolute atomic E-state index is 0.0170. The molecule has 0 aliphatic carbocycles. The fourth-order valence-corrected chi connectivity index (χ4v) is 3.48. The van der Waals surface area contributed by atoms with Gasteiger partial charge in [-0.25, -0.2) is 22.3 Å². The van der Waals surface area contributed by atoms with Crippen molar-refractivity contribution in [2.75, 3.05) is 13.1 Å². The molecule has 0 heterocycles. The third-order valence-electron chi connectivity index (χ3n) is 3.43. The number of amides is 1. The lowest BCUT2D eigenvalue weighted by molar-refractivity contribution is -0.140. The number of sulfonamides is 1. The zero-order valence-corrected chi connectivity index (χ0v) is 15.2. The predicted molar refractivity (Wildman–Crippen MR) is 85.7 cm³/mol. The van der Waals surface area contributed by atoms with Crippen molar-refractivity contribution in [1.82, 2.24) is 9.62 Å². The molecule has 1 aromatic rings. The zero-order chi connectivity index (χ0) is 20.3. The molecule has 0 unspecified atom stereocenters. The largest absolute Gasteiger partial charge is 0.465 e. The van der Waals surface area contributed by atoms with E-state index in [1.807, 2.05) is 4.72 Å². The molecule has 6 nitrogen and oxygen atoms in total. The first-order chi connectivity index (χ1) is 11.7. The molecule has 0 spiro atoms.